The van der Waals surface area contributed by atoms with Crippen LogP contribution >= 0.6 is 0 Å². The van der Waals surface area contributed by atoms with Crippen molar-refractivity contribution >= 4 is 23.8 Å². The van der Waals surface area contributed by atoms with E-state index in [2.05, 4.69) is 30.6 Å². The van der Waals surface area contributed by atoms with Gasteiger partial charge >= 0.3 is 11.9 Å². The number of carbonyl (C=O) groups excluding carboxylic acids is 3. The van der Waals surface area contributed by atoms with Crippen LogP contribution in [0.25, 0.3) is 0 Å². The second-order valence-electron chi connectivity index (χ2n) is 15.5. The van der Waals surface area contributed by atoms with Crippen LogP contribution in [0.2, 0.25) is 0 Å². The maximum atomic E-state index is 12.6. The molecule has 0 radical (unpaired) electrons. The van der Waals surface area contributed by atoms with Crippen molar-refractivity contribution in [3.8, 4) is 0 Å². The second-order valence-corrected chi connectivity index (χ2v) is 15.5. The van der Waals surface area contributed by atoms with Crippen LogP contribution in [0.4, 0.5) is 0 Å². The first kappa shape index (κ1) is 51.6. The molecule has 0 aliphatic carbocycles. The Morgan fingerprint density at radius 1 is 0.556 bits per heavy atom. The molecule has 9 nitrogen and oxygen atoms in total. The summed E-state index contributed by atoms with van der Waals surface area (Å²) in [5.41, 5.74) is 0. The molecule has 0 heterocycles. The standard InChI is InChI=1S/C45H84N2O7/c1-3-5-7-9-10-11-12-13-14-15-16-17-18-19-20-21-22-23-24-25-26-27-33-37-44(51)54-40(34-30-8-6-4-2)35-31-28-29-32-36-42(49)46-38-43(50)47-41(39-48)45(52)53/h30,34,40-41,48H,3-29,31-33,35-39H2,1-2H3,(H,46,49)(H,47,50)(H,52,53)/b34-30-. The molecule has 0 aliphatic rings. The van der Waals surface area contributed by atoms with Crippen molar-refractivity contribution in [3.05, 3.63) is 12.2 Å². The molecule has 0 spiro atoms. The molecule has 316 valence electrons. The summed E-state index contributed by atoms with van der Waals surface area (Å²) in [6.45, 7) is 3.39. The highest BCUT2D eigenvalue weighted by molar-refractivity contribution is 5.87. The van der Waals surface area contributed by atoms with Gasteiger partial charge in [-0.05, 0) is 38.2 Å². The molecule has 2 unspecified atom stereocenters. The monoisotopic (exact) mass is 765 g/mol. The second kappa shape index (κ2) is 40.2. The smallest absolute Gasteiger partial charge is 0.328 e. The summed E-state index contributed by atoms with van der Waals surface area (Å²) < 4.78 is 5.85. The lowest BCUT2D eigenvalue weighted by Gasteiger charge is -2.15. The summed E-state index contributed by atoms with van der Waals surface area (Å²) in [7, 11) is 0. The highest BCUT2D eigenvalue weighted by Gasteiger charge is 2.18. The summed E-state index contributed by atoms with van der Waals surface area (Å²) in [6.07, 6.45) is 43.1. The number of carboxylic acid groups (broad SMARTS) is 1. The number of unbranched alkanes of at least 4 members (excludes halogenated alkanes) is 27. The molecule has 2 atom stereocenters. The van der Waals surface area contributed by atoms with Crippen molar-refractivity contribution in [1.29, 1.82) is 0 Å². The molecule has 2 amide bonds. The van der Waals surface area contributed by atoms with Crippen molar-refractivity contribution in [2.45, 2.75) is 238 Å². The predicted octanol–water partition coefficient (Wildman–Crippen LogP) is 11.0. The number of aliphatic hydroxyl groups is 1. The zero-order chi connectivity index (χ0) is 39.7. The van der Waals surface area contributed by atoms with Crippen LogP contribution in [0.1, 0.15) is 226 Å². The number of aliphatic hydroxyl groups excluding tert-OH is 1. The molecule has 0 saturated heterocycles. The lowest BCUT2D eigenvalue weighted by molar-refractivity contribution is -0.147. The van der Waals surface area contributed by atoms with Crippen LogP contribution in [0.15, 0.2) is 12.2 Å². The Balaban J connectivity index is 3.84. The van der Waals surface area contributed by atoms with Gasteiger partial charge in [-0.25, -0.2) is 4.79 Å². The van der Waals surface area contributed by atoms with Crippen LogP contribution < -0.4 is 10.6 Å². The molecule has 54 heavy (non-hydrogen) atoms. The fraction of sp³-hybridized carbons (Fsp3) is 0.867. The Kier molecular flexibility index (Phi) is 38.4. The van der Waals surface area contributed by atoms with Gasteiger partial charge in [0, 0.05) is 12.8 Å². The predicted molar refractivity (Wildman–Crippen MR) is 222 cm³/mol. The summed E-state index contributed by atoms with van der Waals surface area (Å²) in [4.78, 5) is 47.3. The quantitative estimate of drug-likeness (QED) is 0.0276. The lowest BCUT2D eigenvalue weighted by atomic mass is 10.0. The highest BCUT2D eigenvalue weighted by Crippen LogP contribution is 2.17. The van der Waals surface area contributed by atoms with Crippen LogP contribution in [0, 0.1) is 0 Å². The SMILES string of the molecule is CCCC/C=C\C(CCCCCCC(=O)NCC(=O)NC(CO)C(=O)O)OC(=O)CCCCCCCCCCCCCCCCCCCCCCCCC. The van der Waals surface area contributed by atoms with Gasteiger partial charge < -0.3 is 25.6 Å². The number of hydrogen-bond acceptors (Lipinski definition) is 6. The minimum Gasteiger partial charge on any atom is -0.480 e. The average Bonchev–Trinajstić information content (AvgIpc) is 3.16. The van der Waals surface area contributed by atoms with E-state index in [0.29, 0.717) is 12.8 Å². The van der Waals surface area contributed by atoms with Gasteiger partial charge in [0.15, 0.2) is 0 Å². The maximum absolute atomic E-state index is 12.6. The average molecular weight is 765 g/mol. The van der Waals surface area contributed by atoms with E-state index >= 15 is 0 Å². The van der Waals surface area contributed by atoms with Crippen molar-refractivity contribution in [2.24, 2.45) is 0 Å². The Labute approximate surface area is 331 Å². The summed E-state index contributed by atoms with van der Waals surface area (Å²) in [5.74, 6) is -2.39. The first-order valence-corrected chi connectivity index (χ1v) is 22.6. The summed E-state index contributed by atoms with van der Waals surface area (Å²) in [6, 6.07) is -1.39. The highest BCUT2D eigenvalue weighted by atomic mass is 16.5. The molecule has 0 rings (SSSR count). The summed E-state index contributed by atoms with van der Waals surface area (Å²) >= 11 is 0. The topological polar surface area (TPSA) is 142 Å². The fourth-order valence-electron chi connectivity index (χ4n) is 6.73. The number of carbonyl (C=O) groups is 4. The van der Waals surface area contributed by atoms with Gasteiger partial charge in [0.05, 0.1) is 13.2 Å². The van der Waals surface area contributed by atoms with Gasteiger partial charge in [0.25, 0.3) is 0 Å². The normalized spacial score (nSPS) is 12.5. The largest absolute Gasteiger partial charge is 0.480 e. The Bertz CT molecular complexity index is 926. The number of ether oxygens (including phenoxy) is 1. The molecular formula is C45H84N2O7. The van der Waals surface area contributed by atoms with Gasteiger partial charge in [-0.2, -0.15) is 0 Å². The van der Waals surface area contributed by atoms with Crippen LogP contribution in [-0.4, -0.2) is 59.3 Å². The van der Waals surface area contributed by atoms with Gasteiger partial charge in [-0.3, -0.25) is 14.4 Å². The third-order valence-electron chi connectivity index (χ3n) is 10.2. The zero-order valence-electron chi connectivity index (χ0n) is 35.0. The number of amides is 2. The van der Waals surface area contributed by atoms with E-state index in [-0.39, 0.29) is 30.9 Å². The van der Waals surface area contributed by atoms with Gasteiger partial charge in [0.2, 0.25) is 11.8 Å². The van der Waals surface area contributed by atoms with Crippen molar-refractivity contribution in [2.75, 3.05) is 13.2 Å². The number of aliphatic carboxylic acids is 1. The first-order valence-electron chi connectivity index (χ1n) is 22.6. The molecule has 9 heteroatoms. The molecule has 0 bridgehead atoms. The van der Waals surface area contributed by atoms with E-state index < -0.39 is 24.5 Å². The van der Waals surface area contributed by atoms with E-state index in [1.165, 1.54) is 135 Å². The molecular weight excluding hydrogens is 681 g/mol. The molecule has 0 aromatic heterocycles. The molecule has 0 aromatic rings. The fourth-order valence-corrected chi connectivity index (χ4v) is 6.73. The van der Waals surface area contributed by atoms with Crippen molar-refractivity contribution < 1.29 is 34.1 Å². The number of allylic oxidation sites excluding steroid dienone is 1. The third-order valence-corrected chi connectivity index (χ3v) is 10.2. The maximum Gasteiger partial charge on any atom is 0.328 e. The van der Waals surface area contributed by atoms with Gasteiger partial charge in [-0.15, -0.1) is 0 Å². The molecule has 0 aromatic carbocycles. The number of rotatable bonds is 41. The van der Waals surface area contributed by atoms with Gasteiger partial charge in [0.1, 0.15) is 12.1 Å². The van der Waals surface area contributed by atoms with E-state index in [1.54, 1.807) is 0 Å². The lowest BCUT2D eigenvalue weighted by Crippen LogP contribution is -2.47. The van der Waals surface area contributed by atoms with E-state index in [1.807, 2.05) is 6.08 Å². The van der Waals surface area contributed by atoms with Crippen molar-refractivity contribution in [3.63, 3.8) is 0 Å². The Morgan fingerprint density at radius 3 is 1.43 bits per heavy atom. The minimum absolute atomic E-state index is 0.113. The number of nitrogens with one attached hydrogen (secondary N) is 2. The molecule has 4 N–H and O–H groups in total. The number of carboxylic acids is 1. The van der Waals surface area contributed by atoms with E-state index in [9.17, 15) is 19.2 Å². The summed E-state index contributed by atoms with van der Waals surface area (Å²) in [5, 5.41) is 22.5. The minimum atomic E-state index is -1.39. The van der Waals surface area contributed by atoms with Crippen LogP contribution in [0.5, 0.6) is 0 Å². The van der Waals surface area contributed by atoms with Crippen LogP contribution in [0.3, 0.4) is 0 Å². The number of hydrogen-bond donors (Lipinski definition) is 4. The molecule has 0 aliphatic heterocycles. The van der Waals surface area contributed by atoms with Crippen LogP contribution in [-0.2, 0) is 23.9 Å². The third kappa shape index (κ3) is 36.6. The zero-order valence-corrected chi connectivity index (χ0v) is 35.0. The van der Waals surface area contributed by atoms with Gasteiger partial charge in [-0.1, -0.05) is 187 Å². The van der Waals surface area contributed by atoms with Crippen molar-refractivity contribution in [1.82, 2.24) is 10.6 Å². The number of esters is 1. The van der Waals surface area contributed by atoms with E-state index in [0.717, 1.165) is 57.8 Å². The Hall–Kier alpha value is -2.42. The molecule has 0 fully saturated rings. The first-order chi connectivity index (χ1) is 26.3. The molecule has 0 saturated carbocycles. The van der Waals surface area contributed by atoms with E-state index in [4.69, 9.17) is 14.9 Å². The Morgan fingerprint density at radius 2 is 0.981 bits per heavy atom.